The Morgan fingerprint density at radius 1 is 1.14 bits per heavy atom. The molecule has 1 nitrogen and oxygen atoms in total. The summed E-state index contributed by atoms with van der Waals surface area (Å²) in [5, 5.41) is 3.25. The molecule has 1 atom stereocenters. The van der Waals surface area contributed by atoms with Crippen molar-refractivity contribution in [3.63, 3.8) is 0 Å². The molecular weight excluding hydrogens is 295 g/mol. The van der Waals surface area contributed by atoms with Gasteiger partial charge in [0.05, 0.1) is 5.56 Å². The van der Waals surface area contributed by atoms with Gasteiger partial charge in [-0.2, -0.15) is 24.9 Å². The van der Waals surface area contributed by atoms with Crippen LogP contribution in [0.4, 0.5) is 13.2 Å². The fourth-order valence-corrected chi connectivity index (χ4v) is 3.20. The van der Waals surface area contributed by atoms with E-state index in [1.807, 2.05) is 6.92 Å². The number of thioether (sulfide) groups is 1. The summed E-state index contributed by atoms with van der Waals surface area (Å²) in [4.78, 5) is 0. The summed E-state index contributed by atoms with van der Waals surface area (Å²) in [6.45, 7) is 6.97. The summed E-state index contributed by atoms with van der Waals surface area (Å²) in [6, 6.07) is 5.63. The van der Waals surface area contributed by atoms with Crippen LogP contribution < -0.4 is 5.32 Å². The normalized spacial score (nSPS) is 13.7. The quantitative estimate of drug-likeness (QED) is 0.712. The molecule has 0 aliphatic rings. The SMILES string of the molecule is CCCNC(CSCC(C)C)c1ccccc1C(F)(F)F. The van der Waals surface area contributed by atoms with Crippen molar-refractivity contribution in [2.45, 2.75) is 39.4 Å². The first-order valence-corrected chi connectivity index (χ1v) is 8.49. The zero-order chi connectivity index (χ0) is 15.9. The highest BCUT2D eigenvalue weighted by Gasteiger charge is 2.34. The van der Waals surface area contributed by atoms with Crippen LogP contribution in [0.1, 0.15) is 44.4 Å². The molecule has 1 aromatic carbocycles. The van der Waals surface area contributed by atoms with Gasteiger partial charge in [0.1, 0.15) is 0 Å². The Labute approximate surface area is 129 Å². The van der Waals surface area contributed by atoms with Gasteiger partial charge in [-0.25, -0.2) is 0 Å². The molecule has 5 heteroatoms. The van der Waals surface area contributed by atoms with E-state index in [1.54, 1.807) is 23.9 Å². The second-order valence-corrected chi connectivity index (χ2v) is 6.60. The predicted molar refractivity (Wildman–Crippen MR) is 84.6 cm³/mol. The molecule has 0 heterocycles. The maximum absolute atomic E-state index is 13.1. The molecule has 0 bridgehead atoms. The lowest BCUT2D eigenvalue weighted by Crippen LogP contribution is -2.27. The number of alkyl halides is 3. The van der Waals surface area contributed by atoms with Crippen LogP contribution in [-0.2, 0) is 6.18 Å². The van der Waals surface area contributed by atoms with Gasteiger partial charge < -0.3 is 5.32 Å². The minimum atomic E-state index is -4.30. The second-order valence-electron chi connectivity index (χ2n) is 5.52. The molecule has 0 amide bonds. The number of halogens is 3. The number of benzene rings is 1. The molecule has 1 rings (SSSR count). The van der Waals surface area contributed by atoms with E-state index in [9.17, 15) is 13.2 Å². The summed E-state index contributed by atoms with van der Waals surface area (Å²) in [5.74, 6) is 2.16. The summed E-state index contributed by atoms with van der Waals surface area (Å²) >= 11 is 1.70. The van der Waals surface area contributed by atoms with Gasteiger partial charge in [-0.05, 0) is 36.3 Å². The summed E-state index contributed by atoms with van der Waals surface area (Å²) < 4.78 is 39.4. The maximum Gasteiger partial charge on any atom is 0.416 e. The third-order valence-electron chi connectivity index (χ3n) is 3.02. The Bertz CT molecular complexity index is 418. The Morgan fingerprint density at radius 3 is 2.38 bits per heavy atom. The Morgan fingerprint density at radius 2 is 1.81 bits per heavy atom. The lowest BCUT2D eigenvalue weighted by atomic mass is 10.0. The standard InChI is InChI=1S/C16H24F3NS/c1-4-9-20-15(11-21-10-12(2)3)13-7-5-6-8-14(13)16(17,18)19/h5-8,12,15,20H,4,9-11H2,1-3H3. The molecule has 120 valence electrons. The molecule has 0 aliphatic heterocycles. The van der Waals surface area contributed by atoms with Gasteiger partial charge in [0.25, 0.3) is 0 Å². The van der Waals surface area contributed by atoms with Crippen molar-refractivity contribution in [1.29, 1.82) is 0 Å². The van der Waals surface area contributed by atoms with Crippen LogP contribution in [0.3, 0.4) is 0 Å². The van der Waals surface area contributed by atoms with Gasteiger partial charge in [0, 0.05) is 11.8 Å². The van der Waals surface area contributed by atoms with Crippen LogP contribution in [0, 0.1) is 5.92 Å². The summed E-state index contributed by atoms with van der Waals surface area (Å²) in [6.07, 6.45) is -3.40. The van der Waals surface area contributed by atoms with E-state index in [-0.39, 0.29) is 6.04 Å². The average molecular weight is 319 g/mol. The molecule has 0 aliphatic carbocycles. The first-order chi connectivity index (χ1) is 9.86. The Kier molecular flexibility index (Phi) is 7.60. The fourth-order valence-electron chi connectivity index (χ4n) is 2.06. The van der Waals surface area contributed by atoms with Gasteiger partial charge in [-0.1, -0.05) is 39.0 Å². The molecule has 0 spiro atoms. The first-order valence-electron chi connectivity index (χ1n) is 7.33. The largest absolute Gasteiger partial charge is 0.416 e. The van der Waals surface area contributed by atoms with Gasteiger partial charge in [0.2, 0.25) is 0 Å². The van der Waals surface area contributed by atoms with Crippen molar-refractivity contribution in [3.8, 4) is 0 Å². The molecule has 0 saturated heterocycles. The van der Waals surface area contributed by atoms with Crippen molar-refractivity contribution < 1.29 is 13.2 Å². The molecule has 0 aromatic heterocycles. The Hall–Kier alpha value is -0.680. The first kappa shape index (κ1) is 18.4. The monoisotopic (exact) mass is 319 g/mol. The molecular formula is C16H24F3NS. The van der Waals surface area contributed by atoms with E-state index in [4.69, 9.17) is 0 Å². The topological polar surface area (TPSA) is 12.0 Å². The highest BCUT2D eigenvalue weighted by atomic mass is 32.2. The van der Waals surface area contributed by atoms with E-state index >= 15 is 0 Å². The highest BCUT2D eigenvalue weighted by Crippen LogP contribution is 2.35. The molecule has 0 radical (unpaired) electrons. The van der Waals surface area contributed by atoms with Crippen LogP contribution in [0.25, 0.3) is 0 Å². The number of hydrogen-bond acceptors (Lipinski definition) is 2. The zero-order valence-electron chi connectivity index (χ0n) is 12.8. The summed E-state index contributed by atoms with van der Waals surface area (Å²) in [7, 11) is 0. The molecule has 1 N–H and O–H groups in total. The van der Waals surface area contributed by atoms with E-state index in [1.165, 1.54) is 12.1 Å². The Balaban J connectivity index is 2.91. The van der Waals surface area contributed by atoms with Crippen LogP contribution >= 0.6 is 11.8 Å². The minimum absolute atomic E-state index is 0.258. The van der Waals surface area contributed by atoms with E-state index in [0.29, 0.717) is 17.2 Å². The van der Waals surface area contributed by atoms with Crippen molar-refractivity contribution in [2.24, 2.45) is 5.92 Å². The average Bonchev–Trinajstić information content (AvgIpc) is 2.41. The molecule has 0 saturated carbocycles. The summed E-state index contributed by atoms with van der Waals surface area (Å²) in [5.41, 5.74) is -0.168. The van der Waals surface area contributed by atoms with Crippen LogP contribution in [0.2, 0.25) is 0 Å². The van der Waals surface area contributed by atoms with Crippen molar-refractivity contribution in [3.05, 3.63) is 35.4 Å². The number of rotatable bonds is 8. The minimum Gasteiger partial charge on any atom is -0.309 e. The van der Waals surface area contributed by atoms with Gasteiger partial charge in [-0.15, -0.1) is 0 Å². The van der Waals surface area contributed by atoms with Gasteiger partial charge in [-0.3, -0.25) is 0 Å². The van der Waals surface area contributed by atoms with Crippen LogP contribution in [-0.4, -0.2) is 18.1 Å². The predicted octanol–water partition coefficient (Wildman–Crippen LogP) is 5.14. The van der Waals surface area contributed by atoms with Crippen LogP contribution in [0.15, 0.2) is 24.3 Å². The third kappa shape index (κ3) is 6.30. The number of nitrogens with one attached hydrogen (secondary N) is 1. The smallest absolute Gasteiger partial charge is 0.309 e. The lowest BCUT2D eigenvalue weighted by molar-refractivity contribution is -0.138. The highest BCUT2D eigenvalue weighted by molar-refractivity contribution is 7.99. The molecule has 21 heavy (non-hydrogen) atoms. The van der Waals surface area contributed by atoms with Gasteiger partial charge in [0.15, 0.2) is 0 Å². The maximum atomic E-state index is 13.1. The number of hydrogen-bond donors (Lipinski definition) is 1. The third-order valence-corrected chi connectivity index (χ3v) is 4.49. The van der Waals surface area contributed by atoms with Crippen molar-refractivity contribution >= 4 is 11.8 Å². The fraction of sp³-hybridized carbons (Fsp3) is 0.625. The molecule has 1 aromatic rings. The van der Waals surface area contributed by atoms with E-state index < -0.39 is 11.7 Å². The second kappa shape index (κ2) is 8.69. The van der Waals surface area contributed by atoms with Crippen molar-refractivity contribution in [2.75, 3.05) is 18.1 Å². The zero-order valence-corrected chi connectivity index (χ0v) is 13.7. The molecule has 0 fully saturated rings. The van der Waals surface area contributed by atoms with Crippen molar-refractivity contribution in [1.82, 2.24) is 5.32 Å². The lowest BCUT2D eigenvalue weighted by Gasteiger charge is -2.23. The molecule has 1 unspecified atom stereocenters. The van der Waals surface area contributed by atoms with E-state index in [2.05, 4.69) is 19.2 Å². The van der Waals surface area contributed by atoms with Gasteiger partial charge >= 0.3 is 6.18 Å². The van der Waals surface area contributed by atoms with E-state index in [0.717, 1.165) is 18.7 Å². The van der Waals surface area contributed by atoms with Crippen LogP contribution in [0.5, 0.6) is 0 Å².